The third-order valence-electron chi connectivity index (χ3n) is 5.08. The van der Waals surface area contributed by atoms with Crippen LogP contribution in [0, 0.1) is 0 Å². The number of carbonyl (C=O) groups excluding carboxylic acids is 1. The molecule has 3 heterocycles. The van der Waals surface area contributed by atoms with E-state index in [1.807, 2.05) is 60.0 Å². The molecule has 5 rings (SSSR count). The van der Waals surface area contributed by atoms with Crippen LogP contribution in [0.15, 0.2) is 96.6 Å². The van der Waals surface area contributed by atoms with Gasteiger partial charge in [0.2, 0.25) is 5.78 Å². The molecular formula is C26H20N4OS. The molecule has 0 radical (unpaired) electrons. The molecule has 3 aromatic heterocycles. The summed E-state index contributed by atoms with van der Waals surface area (Å²) < 4.78 is 1.73. The number of nitrogens with zero attached hydrogens (tertiary/aromatic N) is 3. The van der Waals surface area contributed by atoms with E-state index < -0.39 is 0 Å². The van der Waals surface area contributed by atoms with E-state index in [4.69, 9.17) is 0 Å². The Morgan fingerprint density at radius 2 is 1.94 bits per heavy atom. The van der Waals surface area contributed by atoms with Gasteiger partial charge in [-0.2, -0.15) is 5.10 Å². The molecule has 0 atom stereocenters. The summed E-state index contributed by atoms with van der Waals surface area (Å²) in [5.41, 5.74) is 5.12. The van der Waals surface area contributed by atoms with E-state index in [2.05, 4.69) is 45.8 Å². The van der Waals surface area contributed by atoms with Crippen molar-refractivity contribution in [2.24, 2.45) is 0 Å². The number of thiophene rings is 1. The number of hydrogen-bond donors (Lipinski definition) is 1. The lowest BCUT2D eigenvalue weighted by atomic mass is 10.1. The van der Waals surface area contributed by atoms with Crippen molar-refractivity contribution in [3.05, 3.63) is 113 Å². The zero-order chi connectivity index (χ0) is 21.8. The standard InChI is InChI=1S/C26H20N4OS/c31-25(24-12-6-16-32-24)22-18-29-30-23(13-15-28-26(22)30)20-10-4-11-21(17-20)27-14-5-9-19-7-2-1-3-8-19/h1-13,15-18,27H,14H2/b9-5+. The van der Waals surface area contributed by atoms with Crippen LogP contribution < -0.4 is 5.32 Å². The first-order valence-corrected chi connectivity index (χ1v) is 11.1. The Kier molecular flexibility index (Phi) is 5.59. The van der Waals surface area contributed by atoms with Crippen LogP contribution in [0.25, 0.3) is 23.0 Å². The summed E-state index contributed by atoms with van der Waals surface area (Å²) in [5, 5.41) is 9.80. The van der Waals surface area contributed by atoms with Crippen LogP contribution in [0.1, 0.15) is 20.8 Å². The molecule has 0 bridgehead atoms. The summed E-state index contributed by atoms with van der Waals surface area (Å²) >= 11 is 1.42. The maximum Gasteiger partial charge on any atom is 0.208 e. The van der Waals surface area contributed by atoms with Crippen molar-refractivity contribution in [3.8, 4) is 11.3 Å². The molecule has 0 fully saturated rings. The highest BCUT2D eigenvalue weighted by atomic mass is 32.1. The first-order chi connectivity index (χ1) is 15.8. The molecule has 0 saturated carbocycles. The van der Waals surface area contributed by atoms with Crippen LogP contribution in [-0.2, 0) is 0 Å². The predicted octanol–water partition coefficient (Wildman–Crippen LogP) is 5.81. The van der Waals surface area contributed by atoms with Crippen molar-refractivity contribution in [2.75, 3.05) is 11.9 Å². The number of aromatic nitrogens is 3. The fourth-order valence-electron chi connectivity index (χ4n) is 3.54. The number of fused-ring (bicyclic) bond motifs is 1. The van der Waals surface area contributed by atoms with Gasteiger partial charge in [-0.1, -0.05) is 60.7 Å². The molecule has 0 spiro atoms. The van der Waals surface area contributed by atoms with Gasteiger partial charge in [0.05, 0.1) is 22.3 Å². The molecule has 0 amide bonds. The number of ketones is 1. The first-order valence-electron chi connectivity index (χ1n) is 10.3. The number of carbonyl (C=O) groups is 1. The normalized spacial score (nSPS) is 11.2. The molecule has 0 unspecified atom stereocenters. The topological polar surface area (TPSA) is 59.3 Å². The molecule has 1 N–H and O–H groups in total. The van der Waals surface area contributed by atoms with E-state index in [1.54, 1.807) is 16.9 Å². The van der Waals surface area contributed by atoms with Gasteiger partial charge in [0.25, 0.3) is 0 Å². The molecule has 5 aromatic rings. The van der Waals surface area contributed by atoms with Gasteiger partial charge < -0.3 is 5.32 Å². The molecule has 32 heavy (non-hydrogen) atoms. The minimum Gasteiger partial charge on any atom is -0.382 e. The van der Waals surface area contributed by atoms with Gasteiger partial charge in [-0.15, -0.1) is 11.3 Å². The fourth-order valence-corrected chi connectivity index (χ4v) is 4.21. The molecule has 6 heteroatoms. The number of rotatable bonds is 7. The van der Waals surface area contributed by atoms with Crippen LogP contribution in [0.3, 0.4) is 0 Å². The highest BCUT2D eigenvalue weighted by Crippen LogP contribution is 2.25. The van der Waals surface area contributed by atoms with Crippen molar-refractivity contribution >= 4 is 34.5 Å². The Bertz CT molecular complexity index is 1390. The van der Waals surface area contributed by atoms with Crippen molar-refractivity contribution in [1.82, 2.24) is 14.6 Å². The minimum atomic E-state index is -0.0553. The maximum absolute atomic E-state index is 12.8. The van der Waals surface area contributed by atoms with Crippen LogP contribution in [0.4, 0.5) is 5.69 Å². The number of hydrogen-bond acceptors (Lipinski definition) is 5. The van der Waals surface area contributed by atoms with E-state index in [-0.39, 0.29) is 5.78 Å². The van der Waals surface area contributed by atoms with E-state index in [9.17, 15) is 4.79 Å². The van der Waals surface area contributed by atoms with Crippen LogP contribution >= 0.6 is 11.3 Å². The van der Waals surface area contributed by atoms with E-state index in [0.29, 0.717) is 22.6 Å². The van der Waals surface area contributed by atoms with Crippen molar-refractivity contribution in [2.45, 2.75) is 0 Å². The number of nitrogens with one attached hydrogen (secondary N) is 1. The smallest absolute Gasteiger partial charge is 0.208 e. The molecule has 0 saturated heterocycles. The van der Waals surface area contributed by atoms with Gasteiger partial charge in [0.15, 0.2) is 5.65 Å². The SMILES string of the molecule is O=C(c1cccs1)c1cnn2c(-c3cccc(NC/C=C/c4ccccc4)c3)ccnc12. The second kappa shape index (κ2) is 8.99. The van der Waals surface area contributed by atoms with Crippen molar-refractivity contribution in [3.63, 3.8) is 0 Å². The van der Waals surface area contributed by atoms with Gasteiger partial charge in [-0.25, -0.2) is 9.50 Å². The second-order valence-electron chi connectivity index (χ2n) is 7.20. The largest absolute Gasteiger partial charge is 0.382 e. The predicted molar refractivity (Wildman–Crippen MR) is 130 cm³/mol. The van der Waals surface area contributed by atoms with Gasteiger partial charge in [-0.05, 0) is 35.2 Å². The van der Waals surface area contributed by atoms with E-state index in [0.717, 1.165) is 16.9 Å². The molecule has 0 aliphatic carbocycles. The second-order valence-corrected chi connectivity index (χ2v) is 8.15. The minimum absolute atomic E-state index is 0.0553. The Hall–Kier alpha value is -4.03. The average molecular weight is 437 g/mol. The molecule has 5 nitrogen and oxygen atoms in total. The molecule has 2 aromatic carbocycles. The van der Waals surface area contributed by atoms with Crippen molar-refractivity contribution < 1.29 is 4.79 Å². The third kappa shape index (κ3) is 4.08. The lowest BCUT2D eigenvalue weighted by Gasteiger charge is -2.08. The summed E-state index contributed by atoms with van der Waals surface area (Å²) in [5.74, 6) is -0.0553. The zero-order valence-corrected chi connectivity index (χ0v) is 18.0. The number of anilines is 1. The Balaban J connectivity index is 1.38. The Morgan fingerprint density at radius 1 is 1.03 bits per heavy atom. The average Bonchev–Trinajstić information content (AvgIpc) is 3.53. The number of benzene rings is 2. The van der Waals surface area contributed by atoms with Gasteiger partial charge >= 0.3 is 0 Å². The van der Waals surface area contributed by atoms with Gasteiger partial charge in [0, 0.05) is 24.0 Å². The van der Waals surface area contributed by atoms with Crippen LogP contribution in [-0.4, -0.2) is 26.9 Å². The van der Waals surface area contributed by atoms with Crippen LogP contribution in [0.2, 0.25) is 0 Å². The third-order valence-corrected chi connectivity index (χ3v) is 5.95. The van der Waals surface area contributed by atoms with Gasteiger partial charge in [-0.3, -0.25) is 4.79 Å². The highest BCUT2D eigenvalue weighted by Gasteiger charge is 2.18. The van der Waals surface area contributed by atoms with Gasteiger partial charge in [0.1, 0.15) is 0 Å². The highest BCUT2D eigenvalue weighted by molar-refractivity contribution is 7.12. The van der Waals surface area contributed by atoms with Crippen molar-refractivity contribution in [1.29, 1.82) is 0 Å². The van der Waals surface area contributed by atoms with E-state index in [1.165, 1.54) is 16.9 Å². The Morgan fingerprint density at radius 3 is 2.78 bits per heavy atom. The van der Waals surface area contributed by atoms with E-state index >= 15 is 0 Å². The summed E-state index contributed by atoms with van der Waals surface area (Å²) in [6.07, 6.45) is 7.52. The summed E-state index contributed by atoms with van der Waals surface area (Å²) in [4.78, 5) is 17.9. The summed E-state index contributed by atoms with van der Waals surface area (Å²) in [7, 11) is 0. The maximum atomic E-state index is 12.8. The zero-order valence-electron chi connectivity index (χ0n) is 17.2. The lowest BCUT2D eigenvalue weighted by molar-refractivity contribution is 0.104. The Labute approximate surface area is 189 Å². The monoisotopic (exact) mass is 436 g/mol. The molecular weight excluding hydrogens is 416 g/mol. The molecule has 0 aliphatic heterocycles. The van der Waals surface area contributed by atoms with Crippen LogP contribution in [0.5, 0.6) is 0 Å². The molecule has 156 valence electrons. The summed E-state index contributed by atoms with van der Waals surface area (Å²) in [6, 6.07) is 24.0. The fraction of sp³-hybridized carbons (Fsp3) is 0.0385. The lowest BCUT2D eigenvalue weighted by Crippen LogP contribution is -2.01. The molecule has 0 aliphatic rings. The first kappa shape index (κ1) is 19.9. The quantitative estimate of drug-likeness (QED) is 0.327. The summed E-state index contributed by atoms with van der Waals surface area (Å²) in [6.45, 7) is 0.714.